The Hall–Kier alpha value is -2.68. The number of hydrogen-bond acceptors (Lipinski definition) is 2. The molecule has 3 heteroatoms. The number of carbonyl (C=O) groups excluding carboxylic acids is 1. The van der Waals surface area contributed by atoms with Crippen LogP contribution in [0.4, 0.5) is 0 Å². The molecule has 0 aliphatic heterocycles. The molecule has 21 heavy (non-hydrogen) atoms. The van der Waals surface area contributed by atoms with Gasteiger partial charge in [0.05, 0.1) is 5.56 Å². The minimum Gasteiger partial charge on any atom is -0.321 e. The number of aromatic amines is 1. The van der Waals surface area contributed by atoms with Gasteiger partial charge in [0, 0.05) is 16.5 Å². The Kier molecular flexibility index (Phi) is 3.18. The van der Waals surface area contributed by atoms with Gasteiger partial charge < -0.3 is 4.98 Å². The first-order valence-corrected chi connectivity index (χ1v) is 6.81. The van der Waals surface area contributed by atoms with E-state index in [1.807, 2.05) is 49.4 Å². The normalized spacial score (nSPS) is 10.8. The summed E-state index contributed by atoms with van der Waals surface area (Å²) < 4.78 is 0. The summed E-state index contributed by atoms with van der Waals surface area (Å²) in [6.45, 7) is 3.44. The van der Waals surface area contributed by atoms with Crippen LogP contribution in [0.2, 0.25) is 0 Å². The van der Waals surface area contributed by atoms with E-state index in [0.29, 0.717) is 16.7 Å². The van der Waals surface area contributed by atoms with Crippen LogP contribution in [0.1, 0.15) is 22.8 Å². The van der Waals surface area contributed by atoms with E-state index in [-0.39, 0.29) is 11.3 Å². The van der Waals surface area contributed by atoms with Crippen LogP contribution < -0.4 is 5.56 Å². The number of pyridine rings is 1. The Bertz CT molecular complexity index is 906. The molecule has 0 aliphatic rings. The summed E-state index contributed by atoms with van der Waals surface area (Å²) in [6.07, 6.45) is 0. The van der Waals surface area contributed by atoms with Crippen molar-refractivity contribution in [3.05, 3.63) is 70.0 Å². The lowest BCUT2D eigenvalue weighted by Crippen LogP contribution is -2.13. The van der Waals surface area contributed by atoms with Crippen molar-refractivity contribution in [3.8, 4) is 11.1 Å². The second-order valence-electron chi connectivity index (χ2n) is 5.10. The number of aryl methyl sites for hydroxylation is 1. The quantitative estimate of drug-likeness (QED) is 0.726. The van der Waals surface area contributed by atoms with Gasteiger partial charge in [-0.1, -0.05) is 42.5 Å². The SMILES string of the molecule is CC(=O)c1ccccc1-c1c(C)c2ccccc2[nH]c1=O. The zero-order valence-corrected chi connectivity index (χ0v) is 11.9. The molecule has 0 saturated heterocycles. The van der Waals surface area contributed by atoms with Gasteiger partial charge in [0.2, 0.25) is 0 Å². The summed E-state index contributed by atoms with van der Waals surface area (Å²) in [7, 11) is 0. The fourth-order valence-electron chi connectivity index (χ4n) is 2.74. The molecule has 0 amide bonds. The van der Waals surface area contributed by atoms with Crippen LogP contribution in [0.3, 0.4) is 0 Å². The third-order valence-electron chi connectivity index (χ3n) is 3.76. The average Bonchev–Trinajstić information content (AvgIpc) is 2.47. The highest BCUT2D eigenvalue weighted by Gasteiger charge is 2.15. The topological polar surface area (TPSA) is 49.9 Å². The predicted octanol–water partition coefficient (Wildman–Crippen LogP) is 3.71. The number of Topliss-reactive ketones (excluding diaryl/α,β-unsaturated/α-hetero) is 1. The first-order valence-electron chi connectivity index (χ1n) is 6.81. The van der Waals surface area contributed by atoms with Gasteiger partial charge in [-0.25, -0.2) is 0 Å². The molecule has 2 aromatic carbocycles. The zero-order chi connectivity index (χ0) is 15.0. The first kappa shape index (κ1) is 13.3. The predicted molar refractivity (Wildman–Crippen MR) is 84.7 cm³/mol. The molecular formula is C18H15NO2. The standard InChI is InChI=1S/C18H15NO2/c1-11-13-7-5-6-10-16(13)19-18(21)17(11)15-9-4-3-8-14(15)12(2)20/h3-10H,1-2H3,(H,19,21). The molecule has 0 saturated carbocycles. The molecule has 0 atom stereocenters. The highest BCUT2D eigenvalue weighted by molar-refractivity contribution is 6.02. The van der Waals surface area contributed by atoms with Crippen molar-refractivity contribution in [2.24, 2.45) is 0 Å². The molecule has 1 aromatic heterocycles. The lowest BCUT2D eigenvalue weighted by atomic mass is 9.93. The Morgan fingerprint density at radius 1 is 1.00 bits per heavy atom. The smallest absolute Gasteiger partial charge is 0.256 e. The number of ketones is 1. The number of nitrogens with one attached hydrogen (secondary N) is 1. The summed E-state index contributed by atoms with van der Waals surface area (Å²) in [5.74, 6) is -0.0439. The third-order valence-corrected chi connectivity index (χ3v) is 3.76. The lowest BCUT2D eigenvalue weighted by molar-refractivity contribution is 0.101. The van der Waals surface area contributed by atoms with E-state index in [4.69, 9.17) is 0 Å². The van der Waals surface area contributed by atoms with Crippen LogP contribution in [0.25, 0.3) is 22.0 Å². The van der Waals surface area contributed by atoms with Crippen molar-refractivity contribution in [1.82, 2.24) is 4.98 Å². The van der Waals surface area contributed by atoms with E-state index in [9.17, 15) is 9.59 Å². The Labute approximate surface area is 122 Å². The van der Waals surface area contributed by atoms with E-state index >= 15 is 0 Å². The number of para-hydroxylation sites is 1. The molecule has 0 aliphatic carbocycles. The summed E-state index contributed by atoms with van der Waals surface area (Å²) in [6, 6.07) is 14.9. The van der Waals surface area contributed by atoms with E-state index in [0.717, 1.165) is 16.5 Å². The molecule has 0 bridgehead atoms. The highest BCUT2D eigenvalue weighted by atomic mass is 16.1. The third kappa shape index (κ3) is 2.17. The van der Waals surface area contributed by atoms with Gasteiger partial charge in [-0.15, -0.1) is 0 Å². The number of hydrogen-bond donors (Lipinski definition) is 1. The molecule has 0 radical (unpaired) electrons. The van der Waals surface area contributed by atoms with Crippen molar-refractivity contribution < 1.29 is 4.79 Å². The number of fused-ring (bicyclic) bond motifs is 1. The van der Waals surface area contributed by atoms with Gasteiger partial charge in [0.15, 0.2) is 5.78 Å². The maximum Gasteiger partial charge on any atom is 0.256 e. The molecule has 0 spiro atoms. The van der Waals surface area contributed by atoms with Crippen molar-refractivity contribution in [2.45, 2.75) is 13.8 Å². The molecule has 3 aromatic rings. The van der Waals surface area contributed by atoms with Gasteiger partial charge in [-0.05, 0) is 31.0 Å². The Morgan fingerprint density at radius 2 is 1.67 bits per heavy atom. The minimum absolute atomic E-state index is 0.0439. The number of benzene rings is 2. The molecule has 0 fully saturated rings. The molecule has 3 rings (SSSR count). The molecule has 1 heterocycles. The average molecular weight is 277 g/mol. The second-order valence-corrected chi connectivity index (χ2v) is 5.10. The Balaban J connectivity index is 2.41. The van der Waals surface area contributed by atoms with Crippen molar-refractivity contribution in [2.75, 3.05) is 0 Å². The van der Waals surface area contributed by atoms with E-state index < -0.39 is 0 Å². The monoisotopic (exact) mass is 277 g/mol. The van der Waals surface area contributed by atoms with Crippen LogP contribution in [0.5, 0.6) is 0 Å². The minimum atomic E-state index is -0.167. The van der Waals surface area contributed by atoms with E-state index in [1.165, 1.54) is 6.92 Å². The summed E-state index contributed by atoms with van der Waals surface area (Å²) in [5, 5.41) is 0.991. The summed E-state index contributed by atoms with van der Waals surface area (Å²) in [5.41, 5.74) is 3.36. The maximum absolute atomic E-state index is 12.5. The van der Waals surface area contributed by atoms with E-state index in [2.05, 4.69) is 4.98 Å². The lowest BCUT2D eigenvalue weighted by Gasteiger charge is -2.11. The van der Waals surface area contributed by atoms with Gasteiger partial charge in [-0.2, -0.15) is 0 Å². The molecule has 1 N–H and O–H groups in total. The molecule has 104 valence electrons. The van der Waals surface area contributed by atoms with Crippen LogP contribution in [-0.4, -0.2) is 10.8 Å². The number of rotatable bonds is 2. The summed E-state index contributed by atoms with van der Waals surface area (Å²) in [4.78, 5) is 27.2. The highest BCUT2D eigenvalue weighted by Crippen LogP contribution is 2.27. The fourth-order valence-corrected chi connectivity index (χ4v) is 2.74. The fraction of sp³-hybridized carbons (Fsp3) is 0.111. The maximum atomic E-state index is 12.5. The number of H-pyrrole nitrogens is 1. The van der Waals surface area contributed by atoms with Crippen molar-refractivity contribution >= 4 is 16.7 Å². The second kappa shape index (κ2) is 5.02. The van der Waals surface area contributed by atoms with Crippen molar-refractivity contribution in [3.63, 3.8) is 0 Å². The van der Waals surface area contributed by atoms with Gasteiger partial charge >= 0.3 is 0 Å². The van der Waals surface area contributed by atoms with Gasteiger partial charge in [0.1, 0.15) is 0 Å². The molecule has 3 nitrogen and oxygen atoms in total. The Morgan fingerprint density at radius 3 is 2.43 bits per heavy atom. The summed E-state index contributed by atoms with van der Waals surface area (Å²) >= 11 is 0. The van der Waals surface area contributed by atoms with Crippen LogP contribution in [0, 0.1) is 6.92 Å². The number of carbonyl (C=O) groups is 1. The number of aromatic nitrogens is 1. The van der Waals surface area contributed by atoms with Gasteiger partial charge in [0.25, 0.3) is 5.56 Å². The van der Waals surface area contributed by atoms with Crippen LogP contribution >= 0.6 is 0 Å². The van der Waals surface area contributed by atoms with Gasteiger partial charge in [-0.3, -0.25) is 9.59 Å². The van der Waals surface area contributed by atoms with E-state index in [1.54, 1.807) is 6.07 Å². The zero-order valence-electron chi connectivity index (χ0n) is 11.9. The van der Waals surface area contributed by atoms with Crippen LogP contribution in [0.15, 0.2) is 53.3 Å². The molecule has 0 unspecified atom stereocenters. The largest absolute Gasteiger partial charge is 0.321 e. The van der Waals surface area contributed by atoms with Crippen molar-refractivity contribution in [1.29, 1.82) is 0 Å². The first-order chi connectivity index (χ1) is 10.1. The molecular weight excluding hydrogens is 262 g/mol. The van der Waals surface area contributed by atoms with Crippen LogP contribution in [-0.2, 0) is 0 Å².